The maximum Gasteiger partial charge on any atom is 0.244 e. The van der Waals surface area contributed by atoms with E-state index in [0.717, 1.165) is 21.7 Å². The van der Waals surface area contributed by atoms with E-state index in [0.29, 0.717) is 35.1 Å². The smallest absolute Gasteiger partial charge is 0.244 e. The van der Waals surface area contributed by atoms with Gasteiger partial charge < -0.3 is 15.0 Å². The Morgan fingerprint density at radius 3 is 2.04 bits per heavy atom. The molecule has 2 atom stereocenters. The second-order valence-corrected chi connectivity index (χ2v) is 13.6. The first kappa shape index (κ1) is 34.5. The predicted molar refractivity (Wildman–Crippen MR) is 183 cm³/mol. The fourth-order valence-corrected chi connectivity index (χ4v) is 5.95. The molecule has 4 aromatic carbocycles. The number of anilines is 1. The van der Waals surface area contributed by atoms with Crippen molar-refractivity contribution >= 4 is 39.1 Å². The van der Waals surface area contributed by atoms with E-state index in [9.17, 15) is 18.0 Å². The largest absolute Gasteiger partial charge is 0.489 e. The number of carbonyl (C=O) groups excluding carboxylic acids is 2. The lowest BCUT2D eigenvalue weighted by atomic mass is 10.0. The molecule has 242 valence electrons. The lowest BCUT2D eigenvalue weighted by molar-refractivity contribution is -0.140. The molecule has 0 aliphatic rings. The maximum absolute atomic E-state index is 14.3. The molecule has 2 amide bonds. The monoisotopic (exact) mass is 661 g/mol. The Bertz CT molecular complexity index is 1690. The number of nitrogens with zero attached hydrogens (tertiary/aromatic N) is 2. The van der Waals surface area contributed by atoms with Crippen LogP contribution < -0.4 is 14.4 Å². The number of ether oxygens (including phenoxy) is 1. The Labute approximate surface area is 277 Å². The van der Waals surface area contributed by atoms with E-state index in [1.807, 2.05) is 80.6 Å². The van der Waals surface area contributed by atoms with Crippen LogP contribution in [0.2, 0.25) is 5.02 Å². The zero-order chi connectivity index (χ0) is 33.1. The maximum atomic E-state index is 14.3. The molecule has 0 heterocycles. The number of hydrogen-bond donors (Lipinski definition) is 1. The van der Waals surface area contributed by atoms with E-state index in [1.165, 1.54) is 4.90 Å². The van der Waals surface area contributed by atoms with E-state index in [-0.39, 0.29) is 24.9 Å². The molecule has 0 aliphatic carbocycles. The Morgan fingerprint density at radius 2 is 1.46 bits per heavy atom. The molecule has 0 saturated carbocycles. The summed E-state index contributed by atoms with van der Waals surface area (Å²) in [4.78, 5) is 29.5. The van der Waals surface area contributed by atoms with Crippen molar-refractivity contribution in [3.05, 3.63) is 131 Å². The van der Waals surface area contributed by atoms with Crippen molar-refractivity contribution in [3.8, 4) is 5.75 Å². The summed E-state index contributed by atoms with van der Waals surface area (Å²) < 4.78 is 33.1. The molecule has 8 nitrogen and oxygen atoms in total. The molecule has 0 unspecified atom stereocenters. The Kier molecular flexibility index (Phi) is 12.2. The number of sulfonamides is 1. The molecule has 0 fully saturated rings. The molecule has 10 heteroatoms. The molecule has 1 N–H and O–H groups in total. The van der Waals surface area contributed by atoms with Gasteiger partial charge in [-0.3, -0.25) is 13.9 Å². The van der Waals surface area contributed by atoms with Gasteiger partial charge >= 0.3 is 0 Å². The summed E-state index contributed by atoms with van der Waals surface area (Å²) in [6, 6.07) is 31.7. The van der Waals surface area contributed by atoms with Crippen LogP contribution >= 0.6 is 11.6 Å². The van der Waals surface area contributed by atoms with Gasteiger partial charge in [-0.1, -0.05) is 91.3 Å². The molecule has 4 rings (SSSR count). The number of carbonyl (C=O) groups is 2. The molecule has 0 aliphatic heterocycles. The van der Waals surface area contributed by atoms with Crippen molar-refractivity contribution in [2.24, 2.45) is 0 Å². The fourth-order valence-electron chi connectivity index (χ4n) is 4.89. The van der Waals surface area contributed by atoms with E-state index >= 15 is 0 Å². The lowest BCUT2D eigenvalue weighted by Crippen LogP contribution is -2.54. The van der Waals surface area contributed by atoms with Crippen LogP contribution in [0.25, 0.3) is 0 Å². The first-order valence-corrected chi connectivity index (χ1v) is 17.4. The minimum Gasteiger partial charge on any atom is -0.489 e. The summed E-state index contributed by atoms with van der Waals surface area (Å²) in [6.45, 7) is 3.77. The summed E-state index contributed by atoms with van der Waals surface area (Å²) >= 11 is 6.28. The van der Waals surface area contributed by atoms with Crippen molar-refractivity contribution in [3.63, 3.8) is 0 Å². The fraction of sp³-hybridized carbons (Fsp3) is 0.278. The van der Waals surface area contributed by atoms with Gasteiger partial charge in [-0.2, -0.15) is 0 Å². The second kappa shape index (κ2) is 16.3. The highest BCUT2D eigenvalue weighted by Gasteiger charge is 2.33. The molecule has 46 heavy (non-hydrogen) atoms. The zero-order valence-corrected chi connectivity index (χ0v) is 27.9. The van der Waals surface area contributed by atoms with Crippen molar-refractivity contribution < 1.29 is 22.7 Å². The van der Waals surface area contributed by atoms with Crippen LogP contribution in [-0.2, 0) is 39.2 Å². The third-order valence-corrected chi connectivity index (χ3v) is 8.94. The number of rotatable bonds is 15. The van der Waals surface area contributed by atoms with Gasteiger partial charge in [-0.05, 0) is 66.4 Å². The van der Waals surface area contributed by atoms with Gasteiger partial charge in [0, 0.05) is 24.0 Å². The minimum absolute atomic E-state index is 0.0503. The summed E-state index contributed by atoms with van der Waals surface area (Å²) in [6.07, 6.45) is 2.00. The van der Waals surface area contributed by atoms with Crippen LogP contribution in [0.3, 0.4) is 0 Å². The second-order valence-electron chi connectivity index (χ2n) is 11.2. The molecule has 0 radical (unpaired) electrons. The van der Waals surface area contributed by atoms with Gasteiger partial charge in [0.15, 0.2) is 0 Å². The summed E-state index contributed by atoms with van der Waals surface area (Å²) in [5.74, 6) is -0.297. The third kappa shape index (κ3) is 10.1. The van der Waals surface area contributed by atoms with Gasteiger partial charge in [-0.25, -0.2) is 8.42 Å². The highest BCUT2D eigenvalue weighted by molar-refractivity contribution is 7.92. The normalized spacial score (nSPS) is 12.5. The van der Waals surface area contributed by atoms with Gasteiger partial charge in [0.2, 0.25) is 21.8 Å². The number of halogens is 1. The molecule has 0 spiro atoms. The predicted octanol–water partition coefficient (Wildman–Crippen LogP) is 6.24. The summed E-state index contributed by atoms with van der Waals surface area (Å²) in [5, 5.41) is 3.51. The molecular formula is C36H40ClN3O5S. The Balaban J connectivity index is 1.65. The van der Waals surface area contributed by atoms with Crippen LogP contribution in [0.15, 0.2) is 109 Å². The number of nitrogens with one attached hydrogen (secondary N) is 1. The number of amides is 2. The van der Waals surface area contributed by atoms with Crippen molar-refractivity contribution in [1.82, 2.24) is 10.2 Å². The molecule has 0 saturated heterocycles. The topological polar surface area (TPSA) is 96.0 Å². The first-order valence-electron chi connectivity index (χ1n) is 15.2. The lowest BCUT2D eigenvalue weighted by Gasteiger charge is -2.34. The van der Waals surface area contributed by atoms with Crippen molar-refractivity contribution in [2.75, 3.05) is 17.1 Å². The average molecular weight is 662 g/mol. The molecule has 4 aromatic rings. The van der Waals surface area contributed by atoms with Crippen molar-refractivity contribution in [1.29, 1.82) is 0 Å². The minimum atomic E-state index is -3.90. The molecular weight excluding hydrogens is 622 g/mol. The van der Waals surface area contributed by atoms with Gasteiger partial charge in [0.25, 0.3) is 0 Å². The highest BCUT2D eigenvalue weighted by Crippen LogP contribution is 2.24. The highest BCUT2D eigenvalue weighted by atomic mass is 35.5. The SMILES string of the molecule is CC[C@@H](C)NC(=O)[C@H](Cc1ccccc1)N(Cc1cccc(Cl)c1)C(=O)CN(c1ccc(OCc2ccccc2)cc1)S(C)(=O)=O. The van der Waals surface area contributed by atoms with Crippen LogP contribution in [0.1, 0.15) is 37.0 Å². The van der Waals surface area contributed by atoms with Gasteiger partial charge in [-0.15, -0.1) is 0 Å². The van der Waals surface area contributed by atoms with Crippen LogP contribution in [0.5, 0.6) is 5.75 Å². The standard InChI is InChI=1S/C36H40ClN3O5S/c1-4-27(2)38-36(42)34(23-28-12-7-5-8-13-28)39(24-30-16-11-17-31(37)22-30)35(41)25-40(46(3,43)44)32-18-20-33(21-19-32)45-26-29-14-9-6-10-15-29/h5-22,27,34H,4,23-26H2,1-3H3,(H,38,42)/t27-,34+/m1/s1. The van der Waals surface area contributed by atoms with E-state index in [2.05, 4.69) is 5.32 Å². The summed E-state index contributed by atoms with van der Waals surface area (Å²) in [7, 11) is -3.90. The van der Waals surface area contributed by atoms with Crippen LogP contribution in [0, 0.1) is 0 Å². The third-order valence-electron chi connectivity index (χ3n) is 7.57. The van der Waals surface area contributed by atoms with E-state index in [4.69, 9.17) is 16.3 Å². The first-order chi connectivity index (χ1) is 22.0. The summed E-state index contributed by atoms with van der Waals surface area (Å²) in [5.41, 5.74) is 2.87. The van der Waals surface area contributed by atoms with E-state index < -0.39 is 28.5 Å². The average Bonchev–Trinajstić information content (AvgIpc) is 3.05. The number of benzene rings is 4. The number of hydrogen-bond acceptors (Lipinski definition) is 5. The molecule has 0 bridgehead atoms. The van der Waals surface area contributed by atoms with Crippen LogP contribution in [0.4, 0.5) is 5.69 Å². The van der Waals surface area contributed by atoms with Crippen LogP contribution in [-0.4, -0.2) is 50.0 Å². The van der Waals surface area contributed by atoms with Crippen molar-refractivity contribution in [2.45, 2.75) is 51.9 Å². The van der Waals surface area contributed by atoms with Gasteiger partial charge in [0.1, 0.15) is 24.9 Å². The van der Waals surface area contributed by atoms with E-state index in [1.54, 1.807) is 42.5 Å². The van der Waals surface area contributed by atoms with Gasteiger partial charge in [0.05, 0.1) is 11.9 Å². The quantitative estimate of drug-likeness (QED) is 0.163. The Morgan fingerprint density at radius 1 is 0.848 bits per heavy atom. The zero-order valence-electron chi connectivity index (χ0n) is 26.3. The Hall–Kier alpha value is -4.34. The molecule has 0 aromatic heterocycles.